The molecule has 2 N–H and O–H groups in total. The molecule has 0 spiro atoms. The van der Waals surface area contributed by atoms with Crippen LogP contribution in [0.5, 0.6) is 5.75 Å². The van der Waals surface area contributed by atoms with Gasteiger partial charge in [0.25, 0.3) is 11.8 Å². The summed E-state index contributed by atoms with van der Waals surface area (Å²) in [4.78, 5) is 56.1. The molecule has 12 heteroatoms. The van der Waals surface area contributed by atoms with Gasteiger partial charge in [-0.2, -0.15) is 4.39 Å². The van der Waals surface area contributed by atoms with Crippen LogP contribution in [-0.4, -0.2) is 90.3 Å². The summed E-state index contributed by atoms with van der Waals surface area (Å²) in [6.45, 7) is 8.03. The van der Waals surface area contributed by atoms with Crippen molar-refractivity contribution in [1.29, 1.82) is 0 Å². The molecule has 3 fully saturated rings. The van der Waals surface area contributed by atoms with Crippen LogP contribution in [0.15, 0.2) is 22.7 Å². The predicted octanol–water partition coefficient (Wildman–Crippen LogP) is 2.79. The van der Waals surface area contributed by atoms with Crippen LogP contribution in [0, 0.1) is 5.92 Å². The molecule has 3 unspecified atom stereocenters. The molecule has 0 radical (unpaired) electrons. The van der Waals surface area contributed by atoms with Crippen molar-refractivity contribution in [3.8, 4) is 5.75 Å². The molecular weight excluding hydrogens is 587 g/mol. The summed E-state index contributed by atoms with van der Waals surface area (Å²) in [6.07, 6.45) is 0.813. The fraction of sp³-hybridized carbons (Fsp3) is 0.643. The van der Waals surface area contributed by atoms with Gasteiger partial charge in [-0.15, -0.1) is 0 Å². The second-order valence-electron chi connectivity index (χ2n) is 11.4. The van der Waals surface area contributed by atoms with E-state index < -0.39 is 35.8 Å². The number of carbonyl (C=O) groups excluding carboxylic acids is 4. The number of halogens is 2. The van der Waals surface area contributed by atoms with Gasteiger partial charge in [0.2, 0.25) is 11.8 Å². The van der Waals surface area contributed by atoms with Gasteiger partial charge in [-0.05, 0) is 63.1 Å². The first-order chi connectivity index (χ1) is 19.0. The molecule has 2 aliphatic heterocycles. The summed E-state index contributed by atoms with van der Waals surface area (Å²) < 4.78 is 25.9. The number of hydrogen-bond donors (Lipinski definition) is 2. The predicted molar refractivity (Wildman–Crippen MR) is 148 cm³/mol. The largest absolute Gasteiger partial charge is 0.451 e. The smallest absolute Gasteiger partial charge is 0.316 e. The number of nitrogens with zero attached hydrogens (tertiary/aromatic N) is 2. The quantitative estimate of drug-likeness (QED) is 0.413. The average Bonchev–Trinajstić information content (AvgIpc) is 3.44. The van der Waals surface area contributed by atoms with E-state index in [0.717, 1.165) is 12.8 Å². The summed E-state index contributed by atoms with van der Waals surface area (Å²) in [6, 6.07) is 2.93. The van der Waals surface area contributed by atoms with Crippen molar-refractivity contribution in [2.24, 2.45) is 5.92 Å². The van der Waals surface area contributed by atoms with Crippen LogP contribution in [-0.2, 0) is 19.1 Å². The topological polar surface area (TPSA) is 117 Å². The standard InChI is InChI=1S/C28H38BrFN4O6/c1-17(2)15-20(26(37)34-10-4-5-21(34)27(38)33-11-13-39-14-12-33)31-24(35)19-16-18(29)6-7-22(19)40-23(30)25(36)32-28(3)8-9-28/h6-7,16-17,20-21,23H,4-5,8-15H2,1-3H3,(H,31,35)(H,32,36). The molecule has 2 saturated heterocycles. The van der Waals surface area contributed by atoms with Crippen LogP contribution in [0.2, 0.25) is 0 Å². The first kappa shape index (κ1) is 30.2. The summed E-state index contributed by atoms with van der Waals surface area (Å²) >= 11 is 3.32. The van der Waals surface area contributed by atoms with Gasteiger partial charge in [0.15, 0.2) is 0 Å². The Morgan fingerprint density at radius 2 is 1.88 bits per heavy atom. The summed E-state index contributed by atoms with van der Waals surface area (Å²) in [7, 11) is 0. The normalized spacial score (nSPS) is 21.5. The second kappa shape index (κ2) is 12.8. The van der Waals surface area contributed by atoms with E-state index in [4.69, 9.17) is 9.47 Å². The van der Waals surface area contributed by atoms with Gasteiger partial charge in [0.1, 0.15) is 17.8 Å². The molecule has 0 aromatic heterocycles. The maximum Gasteiger partial charge on any atom is 0.316 e. The Morgan fingerprint density at radius 3 is 2.52 bits per heavy atom. The molecule has 4 amide bonds. The van der Waals surface area contributed by atoms with Gasteiger partial charge in [0.05, 0.1) is 18.8 Å². The van der Waals surface area contributed by atoms with Crippen LogP contribution in [0.3, 0.4) is 0 Å². The zero-order valence-electron chi connectivity index (χ0n) is 23.2. The van der Waals surface area contributed by atoms with E-state index >= 15 is 0 Å². The summed E-state index contributed by atoms with van der Waals surface area (Å²) in [5.74, 6) is -2.05. The molecule has 3 atom stereocenters. The van der Waals surface area contributed by atoms with Crippen molar-refractivity contribution in [3.63, 3.8) is 0 Å². The molecule has 0 bridgehead atoms. The highest BCUT2D eigenvalue weighted by molar-refractivity contribution is 9.10. The number of rotatable bonds is 10. The van der Waals surface area contributed by atoms with E-state index in [2.05, 4.69) is 26.6 Å². The molecule has 10 nitrogen and oxygen atoms in total. The third-order valence-corrected chi connectivity index (χ3v) is 8.00. The Labute approximate surface area is 242 Å². The molecule has 3 aliphatic rings. The first-order valence-corrected chi connectivity index (χ1v) is 14.7. The number of ether oxygens (including phenoxy) is 2. The van der Waals surface area contributed by atoms with Crippen molar-refractivity contribution in [2.45, 2.75) is 76.9 Å². The van der Waals surface area contributed by atoms with Gasteiger partial charge in [0, 0.05) is 29.6 Å². The summed E-state index contributed by atoms with van der Waals surface area (Å²) in [5, 5.41) is 5.41. The minimum Gasteiger partial charge on any atom is -0.451 e. The van der Waals surface area contributed by atoms with E-state index in [9.17, 15) is 23.6 Å². The van der Waals surface area contributed by atoms with Crippen LogP contribution in [0.1, 0.15) is 63.2 Å². The van der Waals surface area contributed by atoms with Gasteiger partial charge in [-0.1, -0.05) is 29.8 Å². The monoisotopic (exact) mass is 624 g/mol. The lowest BCUT2D eigenvalue weighted by Crippen LogP contribution is -2.55. The molecule has 2 heterocycles. The molecule has 40 heavy (non-hydrogen) atoms. The van der Waals surface area contributed by atoms with Crippen molar-refractivity contribution in [1.82, 2.24) is 20.4 Å². The Kier molecular flexibility index (Phi) is 9.71. The number of benzene rings is 1. The van der Waals surface area contributed by atoms with Crippen LogP contribution in [0.4, 0.5) is 4.39 Å². The molecule has 1 saturated carbocycles. The highest BCUT2D eigenvalue weighted by Crippen LogP contribution is 2.34. The molecule has 1 aromatic rings. The number of likely N-dealkylation sites (tertiary alicyclic amines) is 1. The summed E-state index contributed by atoms with van der Waals surface area (Å²) in [5.41, 5.74) is -0.447. The fourth-order valence-electron chi connectivity index (χ4n) is 5.02. The minimum absolute atomic E-state index is 0.0219. The van der Waals surface area contributed by atoms with Crippen molar-refractivity contribution >= 4 is 39.6 Å². The third-order valence-electron chi connectivity index (χ3n) is 7.50. The Morgan fingerprint density at radius 1 is 1.18 bits per heavy atom. The average molecular weight is 626 g/mol. The van der Waals surface area contributed by atoms with Gasteiger partial charge in [-0.3, -0.25) is 19.2 Å². The van der Waals surface area contributed by atoms with Crippen molar-refractivity contribution in [3.05, 3.63) is 28.2 Å². The van der Waals surface area contributed by atoms with Crippen molar-refractivity contribution < 1.29 is 33.0 Å². The minimum atomic E-state index is -2.31. The van der Waals surface area contributed by atoms with Crippen molar-refractivity contribution in [2.75, 3.05) is 32.8 Å². The van der Waals surface area contributed by atoms with E-state index in [1.54, 1.807) is 15.9 Å². The van der Waals surface area contributed by atoms with Crippen LogP contribution < -0.4 is 15.4 Å². The lowest BCUT2D eigenvalue weighted by Gasteiger charge is -2.34. The third kappa shape index (κ3) is 7.51. The Bertz CT molecular complexity index is 1120. The highest BCUT2D eigenvalue weighted by Gasteiger charge is 2.42. The molecule has 4 rings (SSSR count). The number of alkyl halides is 1. The van der Waals surface area contributed by atoms with Gasteiger partial charge in [-0.25, -0.2) is 0 Å². The van der Waals surface area contributed by atoms with E-state index in [1.165, 1.54) is 12.1 Å². The first-order valence-electron chi connectivity index (χ1n) is 13.9. The number of amides is 4. The number of morpholine rings is 1. The molecule has 1 aromatic carbocycles. The fourth-order valence-corrected chi connectivity index (χ4v) is 5.39. The number of nitrogens with one attached hydrogen (secondary N) is 2. The molecule has 220 valence electrons. The SMILES string of the molecule is CC(C)CC(NC(=O)c1cc(Br)ccc1OC(F)C(=O)NC1(C)CC1)C(=O)N1CCCC1C(=O)N1CCOCC1. The maximum atomic E-state index is 14.7. The molecule has 1 aliphatic carbocycles. The maximum absolute atomic E-state index is 14.7. The Hall–Kier alpha value is -2.73. The number of carbonyl (C=O) groups is 4. The zero-order valence-corrected chi connectivity index (χ0v) is 24.8. The zero-order chi connectivity index (χ0) is 29.0. The van der Waals surface area contributed by atoms with E-state index in [-0.39, 0.29) is 29.0 Å². The van der Waals surface area contributed by atoms with E-state index in [0.29, 0.717) is 56.6 Å². The van der Waals surface area contributed by atoms with Gasteiger partial charge < -0.3 is 29.9 Å². The van der Waals surface area contributed by atoms with Crippen LogP contribution in [0.25, 0.3) is 0 Å². The van der Waals surface area contributed by atoms with Crippen LogP contribution >= 0.6 is 15.9 Å². The van der Waals surface area contributed by atoms with Gasteiger partial charge >= 0.3 is 6.36 Å². The number of hydrogen-bond acceptors (Lipinski definition) is 6. The Balaban J connectivity index is 1.49. The lowest BCUT2D eigenvalue weighted by atomic mass is 10.0. The van der Waals surface area contributed by atoms with E-state index in [1.807, 2.05) is 20.8 Å². The molecular formula is C28H38BrFN4O6. The lowest BCUT2D eigenvalue weighted by molar-refractivity contribution is -0.147. The highest BCUT2D eigenvalue weighted by atomic mass is 79.9. The second-order valence-corrected chi connectivity index (χ2v) is 12.3.